The number of rotatable bonds is 7. The van der Waals surface area contributed by atoms with Gasteiger partial charge in [0, 0.05) is 25.4 Å². The van der Waals surface area contributed by atoms with Crippen LogP contribution < -0.4 is 10.6 Å². The average Bonchev–Trinajstić information content (AvgIpc) is 2.76. The Morgan fingerprint density at radius 3 is 3.00 bits per heavy atom. The summed E-state index contributed by atoms with van der Waals surface area (Å²) in [5.74, 6) is 1.07. The number of furan rings is 1. The molecule has 4 heteroatoms. The van der Waals surface area contributed by atoms with Crippen molar-refractivity contribution < 1.29 is 9.21 Å². The van der Waals surface area contributed by atoms with Gasteiger partial charge in [0.2, 0.25) is 5.91 Å². The Labute approximate surface area is 96.4 Å². The van der Waals surface area contributed by atoms with Gasteiger partial charge < -0.3 is 15.1 Å². The molecule has 0 aliphatic carbocycles. The Bertz CT molecular complexity index is 296. The van der Waals surface area contributed by atoms with Crippen molar-refractivity contribution in [3.05, 3.63) is 24.2 Å². The Morgan fingerprint density at radius 2 is 2.38 bits per heavy atom. The molecule has 0 aromatic carbocycles. The van der Waals surface area contributed by atoms with Crippen molar-refractivity contribution in [1.82, 2.24) is 10.6 Å². The minimum absolute atomic E-state index is 0.0984. The summed E-state index contributed by atoms with van der Waals surface area (Å²) in [6.07, 6.45) is 3.96. The van der Waals surface area contributed by atoms with Crippen LogP contribution in [-0.4, -0.2) is 25.5 Å². The monoisotopic (exact) mass is 224 g/mol. The normalized spacial score (nSPS) is 12.4. The van der Waals surface area contributed by atoms with E-state index >= 15 is 0 Å². The lowest BCUT2D eigenvalue weighted by molar-refractivity contribution is -0.121. The minimum atomic E-state index is 0.0984. The molecule has 0 bridgehead atoms. The van der Waals surface area contributed by atoms with Crippen LogP contribution in [0.3, 0.4) is 0 Å². The lowest BCUT2D eigenvalue weighted by Gasteiger charge is -2.12. The molecule has 4 nitrogen and oxygen atoms in total. The first-order valence-electron chi connectivity index (χ1n) is 5.68. The third kappa shape index (κ3) is 4.98. The van der Waals surface area contributed by atoms with Gasteiger partial charge in [-0.1, -0.05) is 0 Å². The van der Waals surface area contributed by atoms with Crippen molar-refractivity contribution in [2.45, 2.75) is 32.2 Å². The fourth-order valence-corrected chi connectivity index (χ4v) is 1.47. The molecule has 1 atom stereocenters. The molecule has 1 unspecified atom stereocenters. The Hall–Kier alpha value is -1.29. The first-order chi connectivity index (χ1) is 7.72. The van der Waals surface area contributed by atoms with Gasteiger partial charge in [0.25, 0.3) is 0 Å². The molecule has 0 radical (unpaired) electrons. The number of amides is 1. The van der Waals surface area contributed by atoms with Gasteiger partial charge in [-0.05, 0) is 32.5 Å². The fraction of sp³-hybridized carbons (Fsp3) is 0.583. The number of aryl methyl sites for hydroxylation is 1. The van der Waals surface area contributed by atoms with E-state index in [2.05, 4.69) is 10.6 Å². The molecule has 0 saturated carbocycles. The van der Waals surface area contributed by atoms with Crippen LogP contribution in [0.1, 0.15) is 25.5 Å². The molecule has 0 aliphatic heterocycles. The summed E-state index contributed by atoms with van der Waals surface area (Å²) in [4.78, 5) is 11.4. The highest BCUT2D eigenvalue weighted by Gasteiger charge is 2.07. The first-order valence-corrected chi connectivity index (χ1v) is 5.68. The molecule has 1 aromatic rings. The van der Waals surface area contributed by atoms with Crippen LogP contribution in [0.5, 0.6) is 0 Å². The average molecular weight is 224 g/mol. The number of hydrogen-bond donors (Lipinski definition) is 2. The fourth-order valence-electron chi connectivity index (χ4n) is 1.47. The highest BCUT2D eigenvalue weighted by molar-refractivity contribution is 5.76. The van der Waals surface area contributed by atoms with Crippen molar-refractivity contribution in [1.29, 1.82) is 0 Å². The predicted octanol–water partition coefficient (Wildman–Crippen LogP) is 1.33. The number of nitrogens with one attached hydrogen (secondary N) is 2. The molecule has 2 N–H and O–H groups in total. The van der Waals surface area contributed by atoms with Crippen molar-refractivity contribution in [2.24, 2.45) is 0 Å². The van der Waals surface area contributed by atoms with Gasteiger partial charge in [-0.25, -0.2) is 0 Å². The predicted molar refractivity (Wildman–Crippen MR) is 63.2 cm³/mol. The van der Waals surface area contributed by atoms with Gasteiger partial charge in [-0.3, -0.25) is 4.79 Å². The van der Waals surface area contributed by atoms with E-state index in [9.17, 15) is 4.79 Å². The molecule has 16 heavy (non-hydrogen) atoms. The molecular formula is C12H20N2O2. The summed E-state index contributed by atoms with van der Waals surface area (Å²) in [6, 6.07) is 4.02. The SMILES string of the molecule is CNCCC(=O)NC(C)CCc1ccco1. The van der Waals surface area contributed by atoms with E-state index in [-0.39, 0.29) is 11.9 Å². The highest BCUT2D eigenvalue weighted by atomic mass is 16.3. The maximum absolute atomic E-state index is 11.4. The maximum atomic E-state index is 11.4. The van der Waals surface area contributed by atoms with E-state index in [0.717, 1.165) is 25.1 Å². The van der Waals surface area contributed by atoms with Crippen molar-refractivity contribution in [3.8, 4) is 0 Å². The van der Waals surface area contributed by atoms with E-state index in [4.69, 9.17) is 4.42 Å². The van der Waals surface area contributed by atoms with Crippen LogP contribution in [0.4, 0.5) is 0 Å². The summed E-state index contributed by atoms with van der Waals surface area (Å²) in [7, 11) is 1.84. The van der Waals surface area contributed by atoms with Crippen LogP contribution in [0.2, 0.25) is 0 Å². The molecule has 1 rings (SSSR count). The second-order valence-electron chi connectivity index (χ2n) is 3.94. The Balaban J connectivity index is 2.15. The zero-order valence-electron chi connectivity index (χ0n) is 9.95. The third-order valence-corrected chi connectivity index (χ3v) is 2.41. The van der Waals surface area contributed by atoms with Gasteiger partial charge in [0.1, 0.15) is 5.76 Å². The molecule has 90 valence electrons. The smallest absolute Gasteiger partial charge is 0.221 e. The van der Waals surface area contributed by atoms with Crippen LogP contribution in [-0.2, 0) is 11.2 Å². The van der Waals surface area contributed by atoms with Gasteiger partial charge in [0.15, 0.2) is 0 Å². The maximum Gasteiger partial charge on any atom is 0.221 e. The van der Waals surface area contributed by atoms with Gasteiger partial charge in [0.05, 0.1) is 6.26 Å². The van der Waals surface area contributed by atoms with Crippen LogP contribution in [0.25, 0.3) is 0 Å². The number of carbonyl (C=O) groups is 1. The highest BCUT2D eigenvalue weighted by Crippen LogP contribution is 2.05. The van der Waals surface area contributed by atoms with Gasteiger partial charge in [-0.2, -0.15) is 0 Å². The zero-order chi connectivity index (χ0) is 11.8. The number of carbonyl (C=O) groups excluding carboxylic acids is 1. The summed E-state index contributed by atoms with van der Waals surface area (Å²) in [6.45, 7) is 2.73. The Kier molecular flexibility index (Phi) is 5.64. The van der Waals surface area contributed by atoms with E-state index in [1.54, 1.807) is 6.26 Å². The summed E-state index contributed by atoms with van der Waals surface area (Å²) < 4.78 is 5.23. The molecule has 0 fully saturated rings. The van der Waals surface area contributed by atoms with Crippen molar-refractivity contribution in [2.75, 3.05) is 13.6 Å². The lowest BCUT2D eigenvalue weighted by Crippen LogP contribution is -2.34. The standard InChI is InChI=1S/C12H20N2O2/c1-10(14-12(15)7-8-13-2)5-6-11-4-3-9-16-11/h3-4,9-10,13H,5-8H2,1-2H3,(H,14,15). The van der Waals surface area contributed by atoms with Crippen LogP contribution >= 0.6 is 0 Å². The van der Waals surface area contributed by atoms with Gasteiger partial charge >= 0.3 is 0 Å². The summed E-state index contributed by atoms with van der Waals surface area (Å²) >= 11 is 0. The number of hydrogen-bond acceptors (Lipinski definition) is 3. The molecule has 0 saturated heterocycles. The van der Waals surface area contributed by atoms with E-state index in [1.165, 1.54) is 0 Å². The zero-order valence-corrected chi connectivity index (χ0v) is 9.95. The lowest BCUT2D eigenvalue weighted by atomic mass is 10.1. The van der Waals surface area contributed by atoms with Gasteiger partial charge in [-0.15, -0.1) is 0 Å². The second-order valence-corrected chi connectivity index (χ2v) is 3.94. The molecule has 1 aromatic heterocycles. The molecule has 1 amide bonds. The summed E-state index contributed by atoms with van der Waals surface area (Å²) in [5, 5.41) is 5.91. The van der Waals surface area contributed by atoms with E-state index < -0.39 is 0 Å². The van der Waals surface area contributed by atoms with Crippen molar-refractivity contribution >= 4 is 5.91 Å². The topological polar surface area (TPSA) is 54.3 Å². The minimum Gasteiger partial charge on any atom is -0.469 e. The molecule has 0 spiro atoms. The second kappa shape index (κ2) is 7.06. The first kappa shape index (κ1) is 12.8. The van der Waals surface area contributed by atoms with E-state index in [1.807, 2.05) is 26.1 Å². The quantitative estimate of drug-likeness (QED) is 0.734. The van der Waals surface area contributed by atoms with E-state index in [0.29, 0.717) is 6.42 Å². The van der Waals surface area contributed by atoms with Crippen molar-refractivity contribution in [3.63, 3.8) is 0 Å². The molecule has 1 heterocycles. The molecular weight excluding hydrogens is 204 g/mol. The van der Waals surface area contributed by atoms with Crippen LogP contribution in [0, 0.1) is 0 Å². The molecule has 0 aliphatic rings. The summed E-state index contributed by atoms with van der Waals surface area (Å²) in [5.41, 5.74) is 0. The third-order valence-electron chi connectivity index (χ3n) is 2.41. The Morgan fingerprint density at radius 1 is 1.56 bits per heavy atom. The largest absolute Gasteiger partial charge is 0.469 e. The van der Waals surface area contributed by atoms with Crippen LogP contribution in [0.15, 0.2) is 22.8 Å².